The highest BCUT2D eigenvalue weighted by molar-refractivity contribution is 6.30. The molecular weight excluding hydrogens is 240 g/mol. The summed E-state index contributed by atoms with van der Waals surface area (Å²) in [7, 11) is 0. The van der Waals surface area contributed by atoms with Gasteiger partial charge in [-0.2, -0.15) is 4.98 Å². The van der Waals surface area contributed by atoms with Gasteiger partial charge in [0, 0.05) is 11.4 Å². The number of halogens is 1. The van der Waals surface area contributed by atoms with Crippen LogP contribution >= 0.6 is 11.6 Å². The molecule has 4 nitrogen and oxygen atoms in total. The number of phenols is 1. The van der Waals surface area contributed by atoms with Crippen LogP contribution in [-0.4, -0.2) is 15.2 Å². The van der Waals surface area contributed by atoms with Crippen LogP contribution in [0.25, 0.3) is 11.5 Å². The van der Waals surface area contributed by atoms with Gasteiger partial charge in [0.05, 0.1) is 5.56 Å². The fourth-order valence-corrected chi connectivity index (χ4v) is 1.66. The largest absolute Gasteiger partial charge is 0.507 e. The van der Waals surface area contributed by atoms with Crippen LogP contribution in [-0.2, 0) is 6.42 Å². The molecular formula is C12H13ClN2O2. The number of aromatic nitrogens is 2. The van der Waals surface area contributed by atoms with Crippen LogP contribution in [0.15, 0.2) is 22.7 Å². The first kappa shape index (κ1) is 11.9. The van der Waals surface area contributed by atoms with Crippen molar-refractivity contribution in [3.8, 4) is 17.2 Å². The lowest BCUT2D eigenvalue weighted by molar-refractivity contribution is 0.413. The third-order valence-corrected chi connectivity index (χ3v) is 2.48. The Kier molecular flexibility index (Phi) is 3.33. The van der Waals surface area contributed by atoms with Crippen molar-refractivity contribution < 1.29 is 9.63 Å². The molecule has 0 radical (unpaired) electrons. The normalized spacial score (nSPS) is 11.1. The maximum absolute atomic E-state index is 9.72. The Balaban J connectivity index is 2.30. The fourth-order valence-electron chi connectivity index (χ4n) is 1.50. The number of benzene rings is 1. The molecule has 1 heterocycles. The van der Waals surface area contributed by atoms with E-state index in [0.717, 1.165) is 6.42 Å². The Morgan fingerprint density at radius 3 is 2.82 bits per heavy atom. The van der Waals surface area contributed by atoms with E-state index in [4.69, 9.17) is 16.1 Å². The smallest absolute Gasteiger partial charge is 0.261 e. The molecule has 0 aliphatic carbocycles. The van der Waals surface area contributed by atoms with Crippen LogP contribution < -0.4 is 0 Å². The molecule has 5 heteroatoms. The minimum atomic E-state index is 0.0391. The zero-order valence-corrected chi connectivity index (χ0v) is 10.4. The minimum Gasteiger partial charge on any atom is -0.507 e. The highest BCUT2D eigenvalue weighted by Crippen LogP contribution is 2.30. The molecule has 0 saturated carbocycles. The number of phenolic OH excluding ortho intramolecular Hbond substituents is 1. The Morgan fingerprint density at radius 2 is 2.18 bits per heavy atom. The van der Waals surface area contributed by atoms with Gasteiger partial charge in [0.2, 0.25) is 0 Å². The average molecular weight is 253 g/mol. The van der Waals surface area contributed by atoms with Crippen molar-refractivity contribution >= 4 is 11.6 Å². The van der Waals surface area contributed by atoms with Gasteiger partial charge >= 0.3 is 0 Å². The van der Waals surface area contributed by atoms with Gasteiger partial charge in [0.1, 0.15) is 5.75 Å². The fraction of sp³-hybridized carbons (Fsp3) is 0.333. The zero-order valence-electron chi connectivity index (χ0n) is 9.64. The lowest BCUT2D eigenvalue weighted by Gasteiger charge is -1.99. The van der Waals surface area contributed by atoms with Gasteiger partial charge in [0.15, 0.2) is 5.82 Å². The van der Waals surface area contributed by atoms with Crippen LogP contribution in [0, 0.1) is 5.92 Å². The molecule has 0 bridgehead atoms. The van der Waals surface area contributed by atoms with Crippen molar-refractivity contribution in [3.05, 3.63) is 29.0 Å². The third-order valence-electron chi connectivity index (χ3n) is 2.25. The molecule has 0 aliphatic rings. The molecule has 2 aromatic rings. The van der Waals surface area contributed by atoms with Gasteiger partial charge in [-0.05, 0) is 24.1 Å². The highest BCUT2D eigenvalue weighted by atomic mass is 35.5. The van der Waals surface area contributed by atoms with E-state index in [1.54, 1.807) is 12.1 Å². The van der Waals surface area contributed by atoms with Crippen molar-refractivity contribution in [1.82, 2.24) is 10.1 Å². The summed E-state index contributed by atoms with van der Waals surface area (Å²) in [5.41, 5.74) is 0.497. The Bertz CT molecular complexity index is 523. The first-order valence-corrected chi connectivity index (χ1v) is 5.75. The average Bonchev–Trinajstić information content (AvgIpc) is 2.65. The Hall–Kier alpha value is -1.55. The highest BCUT2D eigenvalue weighted by Gasteiger charge is 2.13. The van der Waals surface area contributed by atoms with E-state index in [1.165, 1.54) is 6.07 Å². The van der Waals surface area contributed by atoms with E-state index in [1.807, 2.05) is 0 Å². The Labute approximate surface area is 104 Å². The number of aromatic hydroxyl groups is 1. The van der Waals surface area contributed by atoms with E-state index in [9.17, 15) is 5.11 Å². The van der Waals surface area contributed by atoms with Crippen molar-refractivity contribution in [2.75, 3.05) is 0 Å². The van der Waals surface area contributed by atoms with Gasteiger partial charge in [0.25, 0.3) is 5.89 Å². The monoisotopic (exact) mass is 252 g/mol. The van der Waals surface area contributed by atoms with Crippen molar-refractivity contribution in [2.24, 2.45) is 5.92 Å². The second-order valence-corrected chi connectivity index (χ2v) is 4.71. The number of rotatable bonds is 3. The first-order valence-electron chi connectivity index (χ1n) is 5.37. The molecule has 0 saturated heterocycles. The lowest BCUT2D eigenvalue weighted by atomic mass is 10.1. The molecule has 1 N–H and O–H groups in total. The molecule has 0 aliphatic heterocycles. The first-order chi connectivity index (χ1) is 8.06. The van der Waals surface area contributed by atoms with E-state index < -0.39 is 0 Å². The molecule has 0 amide bonds. The molecule has 90 valence electrons. The third kappa shape index (κ3) is 2.77. The van der Waals surface area contributed by atoms with Crippen molar-refractivity contribution in [1.29, 1.82) is 0 Å². The number of nitrogens with zero attached hydrogens (tertiary/aromatic N) is 2. The predicted octanol–water partition coefficient (Wildman–Crippen LogP) is 3.29. The quantitative estimate of drug-likeness (QED) is 0.911. The SMILES string of the molecule is CC(C)Cc1noc(-c2ccc(Cl)cc2O)n1. The van der Waals surface area contributed by atoms with Gasteiger partial charge in [-0.1, -0.05) is 30.6 Å². The molecule has 0 spiro atoms. The van der Waals surface area contributed by atoms with Gasteiger partial charge < -0.3 is 9.63 Å². The molecule has 0 fully saturated rings. The van der Waals surface area contributed by atoms with Crippen LogP contribution in [0.5, 0.6) is 5.75 Å². The minimum absolute atomic E-state index is 0.0391. The Morgan fingerprint density at radius 1 is 1.41 bits per heavy atom. The van der Waals surface area contributed by atoms with Crippen LogP contribution in [0.3, 0.4) is 0 Å². The van der Waals surface area contributed by atoms with Gasteiger partial charge in [-0.15, -0.1) is 0 Å². The lowest BCUT2D eigenvalue weighted by Crippen LogP contribution is -1.95. The number of hydrogen-bond acceptors (Lipinski definition) is 4. The van der Waals surface area contributed by atoms with Crippen LogP contribution in [0.2, 0.25) is 5.02 Å². The van der Waals surface area contributed by atoms with E-state index in [0.29, 0.717) is 28.2 Å². The molecule has 17 heavy (non-hydrogen) atoms. The predicted molar refractivity (Wildman–Crippen MR) is 65.0 cm³/mol. The van der Waals surface area contributed by atoms with E-state index >= 15 is 0 Å². The maximum Gasteiger partial charge on any atom is 0.261 e. The molecule has 2 rings (SSSR count). The summed E-state index contributed by atoms with van der Waals surface area (Å²) >= 11 is 5.75. The second kappa shape index (κ2) is 4.75. The molecule has 1 aromatic carbocycles. The van der Waals surface area contributed by atoms with Gasteiger partial charge in [-0.3, -0.25) is 0 Å². The van der Waals surface area contributed by atoms with E-state index in [2.05, 4.69) is 24.0 Å². The molecule has 0 unspecified atom stereocenters. The molecule has 0 atom stereocenters. The summed E-state index contributed by atoms with van der Waals surface area (Å²) in [6.45, 7) is 4.16. The van der Waals surface area contributed by atoms with Crippen molar-refractivity contribution in [3.63, 3.8) is 0 Å². The summed E-state index contributed by atoms with van der Waals surface area (Å²) in [4.78, 5) is 4.23. The summed E-state index contributed by atoms with van der Waals surface area (Å²) in [6, 6.07) is 4.77. The summed E-state index contributed by atoms with van der Waals surface area (Å²) < 4.78 is 5.11. The maximum atomic E-state index is 9.72. The van der Waals surface area contributed by atoms with Crippen LogP contribution in [0.4, 0.5) is 0 Å². The summed E-state index contributed by atoms with van der Waals surface area (Å²) in [5, 5.41) is 14.1. The zero-order chi connectivity index (χ0) is 12.4. The van der Waals surface area contributed by atoms with Crippen LogP contribution in [0.1, 0.15) is 19.7 Å². The standard InChI is InChI=1S/C12H13ClN2O2/c1-7(2)5-11-14-12(17-15-11)9-4-3-8(13)6-10(9)16/h3-4,6-7,16H,5H2,1-2H3. The molecule has 1 aromatic heterocycles. The van der Waals surface area contributed by atoms with Crippen molar-refractivity contribution in [2.45, 2.75) is 20.3 Å². The second-order valence-electron chi connectivity index (χ2n) is 4.28. The topological polar surface area (TPSA) is 59.2 Å². The summed E-state index contributed by atoms with van der Waals surface area (Å²) in [5.74, 6) is 1.45. The summed E-state index contributed by atoms with van der Waals surface area (Å²) in [6.07, 6.45) is 0.748. The van der Waals surface area contributed by atoms with E-state index in [-0.39, 0.29) is 5.75 Å². The number of hydrogen-bond donors (Lipinski definition) is 1. The van der Waals surface area contributed by atoms with Gasteiger partial charge in [-0.25, -0.2) is 0 Å².